The molecule has 0 aliphatic carbocycles. The summed E-state index contributed by atoms with van der Waals surface area (Å²) in [6, 6.07) is 9.11. The zero-order chi connectivity index (χ0) is 12.0. The molecule has 0 aliphatic rings. The third-order valence-corrected chi connectivity index (χ3v) is 2.79. The molecule has 2 heteroatoms. The van der Waals surface area contributed by atoms with E-state index in [-0.39, 0.29) is 0 Å². The molecule has 0 fully saturated rings. The lowest BCUT2D eigenvalue weighted by atomic mass is 9.99. The maximum Gasteiger partial charge on any atom is 0.0657 e. The van der Waals surface area contributed by atoms with Gasteiger partial charge in [0, 0.05) is 7.11 Å². The lowest BCUT2D eigenvalue weighted by Crippen LogP contribution is -2.24. The largest absolute Gasteiger partial charge is 0.383 e. The lowest BCUT2D eigenvalue weighted by molar-refractivity contribution is 0.168. The fourth-order valence-electron chi connectivity index (χ4n) is 1.80. The Morgan fingerprint density at radius 2 is 1.69 bits per heavy atom. The zero-order valence-electron chi connectivity index (χ0n) is 10.8. The predicted molar refractivity (Wildman–Crippen MR) is 68.8 cm³/mol. The molecule has 0 heterocycles. The molecule has 0 aliphatic heterocycles. The van der Waals surface area contributed by atoms with Gasteiger partial charge in [0.25, 0.3) is 0 Å². The van der Waals surface area contributed by atoms with Crippen molar-refractivity contribution in [3.8, 4) is 0 Å². The first-order chi connectivity index (χ1) is 7.69. The van der Waals surface area contributed by atoms with Gasteiger partial charge in [0.15, 0.2) is 0 Å². The topological polar surface area (TPSA) is 21.3 Å². The molecule has 2 nitrogen and oxygen atoms in total. The summed E-state index contributed by atoms with van der Waals surface area (Å²) in [5.74, 6) is 0.592. The monoisotopic (exact) mass is 221 g/mol. The Bertz CT molecular complexity index is 286. The van der Waals surface area contributed by atoms with E-state index in [2.05, 4.69) is 50.4 Å². The third-order valence-electron chi connectivity index (χ3n) is 2.79. The molecule has 0 aromatic heterocycles. The molecule has 0 radical (unpaired) electrons. The first kappa shape index (κ1) is 13.2. The number of benzene rings is 1. The molecule has 1 unspecified atom stereocenters. The second kappa shape index (κ2) is 6.66. The molecule has 1 atom stereocenters. The maximum absolute atomic E-state index is 5.23. The van der Waals surface area contributed by atoms with Gasteiger partial charge in [-0.25, -0.2) is 0 Å². The van der Waals surface area contributed by atoms with Gasteiger partial charge >= 0.3 is 0 Å². The fraction of sp³-hybridized carbons (Fsp3) is 0.571. The molecule has 1 aromatic carbocycles. The number of nitrogens with one attached hydrogen (secondary N) is 1. The van der Waals surface area contributed by atoms with Crippen LogP contribution in [0.15, 0.2) is 24.3 Å². The molecule has 0 saturated carbocycles. The summed E-state index contributed by atoms with van der Waals surface area (Å²) in [6.07, 6.45) is 0. The van der Waals surface area contributed by atoms with E-state index in [0.29, 0.717) is 12.0 Å². The average molecular weight is 221 g/mol. The normalized spacial score (nSPS) is 13.1. The molecule has 0 bridgehead atoms. The van der Waals surface area contributed by atoms with Crippen LogP contribution in [0.5, 0.6) is 0 Å². The van der Waals surface area contributed by atoms with Gasteiger partial charge in [-0.15, -0.1) is 0 Å². The van der Waals surface area contributed by atoms with Crippen molar-refractivity contribution in [2.75, 3.05) is 20.3 Å². The predicted octanol–water partition coefficient (Wildman–Crippen LogP) is 3.11. The molecule has 0 amide bonds. The molecule has 0 spiro atoms. The Labute approximate surface area is 99.0 Å². The standard InChI is InChI=1S/C14H23NO/c1-5-15-14(10-16-4)13-8-6-12(7-9-13)11(2)3/h6-9,11,14-15H,5,10H2,1-4H3. The average Bonchev–Trinajstić information content (AvgIpc) is 2.29. The van der Waals surface area contributed by atoms with Crippen LogP contribution in [0.25, 0.3) is 0 Å². The van der Waals surface area contributed by atoms with Crippen LogP contribution in [0.4, 0.5) is 0 Å². The minimum Gasteiger partial charge on any atom is -0.383 e. The Hall–Kier alpha value is -0.860. The summed E-state index contributed by atoms with van der Waals surface area (Å²) in [7, 11) is 1.74. The number of methoxy groups -OCH3 is 1. The van der Waals surface area contributed by atoms with E-state index in [1.807, 2.05) is 0 Å². The van der Waals surface area contributed by atoms with Crippen LogP contribution >= 0.6 is 0 Å². The second-order valence-corrected chi connectivity index (χ2v) is 4.39. The van der Waals surface area contributed by atoms with E-state index in [1.54, 1.807) is 7.11 Å². The third kappa shape index (κ3) is 3.62. The summed E-state index contributed by atoms with van der Waals surface area (Å²) >= 11 is 0. The Balaban J connectivity index is 2.76. The minimum atomic E-state index is 0.302. The highest BCUT2D eigenvalue weighted by molar-refractivity contribution is 5.26. The number of ether oxygens (including phenoxy) is 1. The molecule has 90 valence electrons. The number of hydrogen-bond donors (Lipinski definition) is 1. The van der Waals surface area contributed by atoms with Crippen molar-refractivity contribution in [1.29, 1.82) is 0 Å². The van der Waals surface area contributed by atoms with Gasteiger partial charge in [0.2, 0.25) is 0 Å². The van der Waals surface area contributed by atoms with E-state index in [0.717, 1.165) is 13.2 Å². The SMILES string of the molecule is CCNC(COC)c1ccc(C(C)C)cc1. The van der Waals surface area contributed by atoms with Crippen molar-refractivity contribution in [2.24, 2.45) is 0 Å². The van der Waals surface area contributed by atoms with Gasteiger partial charge in [-0.2, -0.15) is 0 Å². The van der Waals surface area contributed by atoms with Gasteiger partial charge in [-0.05, 0) is 23.6 Å². The smallest absolute Gasteiger partial charge is 0.0657 e. The summed E-state index contributed by atoms with van der Waals surface area (Å²) in [5.41, 5.74) is 2.68. The quantitative estimate of drug-likeness (QED) is 0.797. The van der Waals surface area contributed by atoms with Crippen molar-refractivity contribution in [1.82, 2.24) is 5.32 Å². The van der Waals surface area contributed by atoms with E-state index in [9.17, 15) is 0 Å². The number of likely N-dealkylation sites (N-methyl/N-ethyl adjacent to an activating group) is 1. The molecule has 1 rings (SSSR count). The van der Waals surface area contributed by atoms with Crippen LogP contribution in [0.3, 0.4) is 0 Å². The highest BCUT2D eigenvalue weighted by Crippen LogP contribution is 2.18. The minimum absolute atomic E-state index is 0.302. The van der Waals surface area contributed by atoms with Crippen molar-refractivity contribution >= 4 is 0 Å². The van der Waals surface area contributed by atoms with Crippen molar-refractivity contribution in [2.45, 2.75) is 32.7 Å². The van der Waals surface area contributed by atoms with Gasteiger partial charge < -0.3 is 10.1 Å². The molecular weight excluding hydrogens is 198 g/mol. The molecule has 0 saturated heterocycles. The second-order valence-electron chi connectivity index (χ2n) is 4.39. The highest BCUT2D eigenvalue weighted by atomic mass is 16.5. The molecule has 1 N–H and O–H groups in total. The van der Waals surface area contributed by atoms with Crippen LogP contribution in [-0.2, 0) is 4.74 Å². The van der Waals surface area contributed by atoms with Crippen LogP contribution in [0.1, 0.15) is 43.9 Å². The fourth-order valence-corrected chi connectivity index (χ4v) is 1.80. The molecule has 16 heavy (non-hydrogen) atoms. The summed E-state index contributed by atoms with van der Waals surface area (Å²) in [4.78, 5) is 0. The Kier molecular flexibility index (Phi) is 5.50. The van der Waals surface area contributed by atoms with Crippen molar-refractivity contribution < 1.29 is 4.74 Å². The summed E-state index contributed by atoms with van der Waals surface area (Å²) in [5, 5.41) is 3.42. The van der Waals surface area contributed by atoms with E-state index < -0.39 is 0 Å². The van der Waals surface area contributed by atoms with Gasteiger partial charge in [-0.1, -0.05) is 45.0 Å². The van der Waals surface area contributed by atoms with Crippen LogP contribution in [0, 0.1) is 0 Å². The van der Waals surface area contributed by atoms with Gasteiger partial charge in [0.05, 0.1) is 12.6 Å². The lowest BCUT2D eigenvalue weighted by Gasteiger charge is -2.18. The van der Waals surface area contributed by atoms with E-state index in [4.69, 9.17) is 4.74 Å². The Morgan fingerprint density at radius 1 is 1.12 bits per heavy atom. The molecular formula is C14H23NO. The van der Waals surface area contributed by atoms with E-state index in [1.165, 1.54) is 11.1 Å². The van der Waals surface area contributed by atoms with Gasteiger partial charge in [-0.3, -0.25) is 0 Å². The van der Waals surface area contributed by atoms with Crippen molar-refractivity contribution in [3.05, 3.63) is 35.4 Å². The first-order valence-corrected chi connectivity index (χ1v) is 6.01. The number of hydrogen-bond acceptors (Lipinski definition) is 2. The summed E-state index contributed by atoms with van der Waals surface area (Å²) in [6.45, 7) is 8.22. The van der Waals surface area contributed by atoms with Crippen LogP contribution < -0.4 is 5.32 Å². The van der Waals surface area contributed by atoms with E-state index >= 15 is 0 Å². The maximum atomic E-state index is 5.23. The highest BCUT2D eigenvalue weighted by Gasteiger charge is 2.09. The van der Waals surface area contributed by atoms with Gasteiger partial charge in [0.1, 0.15) is 0 Å². The zero-order valence-corrected chi connectivity index (χ0v) is 10.8. The molecule has 1 aromatic rings. The number of rotatable bonds is 6. The van der Waals surface area contributed by atoms with Crippen LogP contribution in [0.2, 0.25) is 0 Å². The summed E-state index contributed by atoms with van der Waals surface area (Å²) < 4.78 is 5.23. The Morgan fingerprint density at radius 3 is 2.12 bits per heavy atom. The first-order valence-electron chi connectivity index (χ1n) is 6.01. The van der Waals surface area contributed by atoms with Crippen molar-refractivity contribution in [3.63, 3.8) is 0 Å². The van der Waals surface area contributed by atoms with Crippen LogP contribution in [-0.4, -0.2) is 20.3 Å².